The summed E-state index contributed by atoms with van der Waals surface area (Å²) in [5.74, 6) is 0.0929. The molecule has 0 aliphatic carbocycles. The Labute approximate surface area is 86.1 Å². The first-order valence-electron chi connectivity index (χ1n) is 5.29. The van der Waals surface area contributed by atoms with E-state index in [4.69, 9.17) is 10.8 Å². The topological polar surface area (TPSA) is 66.6 Å². The third-order valence-electron chi connectivity index (χ3n) is 2.28. The lowest BCUT2D eigenvalue weighted by molar-refractivity contribution is -0.131. The normalized spacial score (nSPS) is 12.6. The zero-order valence-electron chi connectivity index (χ0n) is 9.20. The second-order valence-electron chi connectivity index (χ2n) is 3.42. The highest BCUT2D eigenvalue weighted by Gasteiger charge is 2.13. The third kappa shape index (κ3) is 5.19. The van der Waals surface area contributed by atoms with Gasteiger partial charge in [0.25, 0.3) is 0 Å². The molecule has 1 unspecified atom stereocenters. The van der Waals surface area contributed by atoms with E-state index in [1.165, 1.54) is 0 Å². The van der Waals surface area contributed by atoms with E-state index in [-0.39, 0.29) is 18.6 Å². The summed E-state index contributed by atoms with van der Waals surface area (Å²) >= 11 is 0. The maximum Gasteiger partial charge on any atom is 0.224 e. The molecule has 0 saturated carbocycles. The summed E-state index contributed by atoms with van der Waals surface area (Å²) in [6, 6.07) is -0.0364. The molecule has 0 spiro atoms. The van der Waals surface area contributed by atoms with Crippen molar-refractivity contribution in [2.24, 2.45) is 5.73 Å². The highest BCUT2D eigenvalue weighted by molar-refractivity contribution is 5.76. The van der Waals surface area contributed by atoms with Crippen molar-refractivity contribution in [1.82, 2.24) is 4.90 Å². The molecule has 0 aliphatic rings. The molecular formula is C10H22N2O2. The van der Waals surface area contributed by atoms with Crippen LogP contribution in [0, 0.1) is 0 Å². The summed E-state index contributed by atoms with van der Waals surface area (Å²) in [4.78, 5) is 13.4. The minimum atomic E-state index is -0.0364. The lowest BCUT2D eigenvalue weighted by Gasteiger charge is -2.21. The van der Waals surface area contributed by atoms with Crippen LogP contribution in [-0.4, -0.2) is 41.7 Å². The van der Waals surface area contributed by atoms with Gasteiger partial charge in [0, 0.05) is 32.2 Å². The molecule has 0 aliphatic heterocycles. The molecule has 14 heavy (non-hydrogen) atoms. The summed E-state index contributed by atoms with van der Waals surface area (Å²) in [6.45, 7) is 5.36. The van der Waals surface area contributed by atoms with Gasteiger partial charge in [-0.25, -0.2) is 0 Å². The Balaban J connectivity index is 3.90. The zero-order valence-corrected chi connectivity index (χ0v) is 9.20. The lowest BCUT2D eigenvalue weighted by atomic mass is 10.1. The fourth-order valence-corrected chi connectivity index (χ4v) is 1.22. The number of carbonyl (C=O) groups excluding carboxylic acids is 1. The number of amides is 1. The number of aliphatic hydroxyl groups excluding tert-OH is 1. The molecule has 1 amide bonds. The summed E-state index contributed by atoms with van der Waals surface area (Å²) in [5.41, 5.74) is 5.70. The molecule has 0 aromatic carbocycles. The maximum atomic E-state index is 11.6. The Morgan fingerprint density at radius 3 is 2.57 bits per heavy atom. The molecule has 0 fully saturated rings. The van der Waals surface area contributed by atoms with Crippen molar-refractivity contribution in [3.8, 4) is 0 Å². The van der Waals surface area contributed by atoms with Gasteiger partial charge in [-0.2, -0.15) is 0 Å². The second-order valence-corrected chi connectivity index (χ2v) is 3.42. The SMILES string of the molecule is CCC(N)CC(=O)N(CC)CCCO. The van der Waals surface area contributed by atoms with Gasteiger partial charge in [-0.1, -0.05) is 6.92 Å². The fraction of sp³-hybridized carbons (Fsp3) is 0.900. The fourth-order valence-electron chi connectivity index (χ4n) is 1.22. The van der Waals surface area contributed by atoms with E-state index in [9.17, 15) is 4.79 Å². The Morgan fingerprint density at radius 1 is 1.50 bits per heavy atom. The Hall–Kier alpha value is -0.610. The molecule has 0 heterocycles. The van der Waals surface area contributed by atoms with Crippen LogP contribution in [0.3, 0.4) is 0 Å². The van der Waals surface area contributed by atoms with Gasteiger partial charge in [0.2, 0.25) is 5.91 Å². The Morgan fingerprint density at radius 2 is 2.14 bits per heavy atom. The maximum absolute atomic E-state index is 11.6. The monoisotopic (exact) mass is 202 g/mol. The summed E-state index contributed by atoms with van der Waals surface area (Å²) < 4.78 is 0. The molecule has 0 aromatic heterocycles. The van der Waals surface area contributed by atoms with Gasteiger partial charge in [-0.05, 0) is 19.8 Å². The number of nitrogens with zero attached hydrogens (tertiary/aromatic N) is 1. The number of nitrogens with two attached hydrogens (primary N) is 1. The van der Waals surface area contributed by atoms with Crippen LogP contribution in [0.1, 0.15) is 33.1 Å². The molecule has 0 saturated heterocycles. The van der Waals surface area contributed by atoms with Gasteiger partial charge < -0.3 is 15.7 Å². The average Bonchev–Trinajstić information content (AvgIpc) is 2.18. The van der Waals surface area contributed by atoms with E-state index < -0.39 is 0 Å². The molecule has 0 radical (unpaired) electrons. The van der Waals surface area contributed by atoms with Crippen LogP contribution < -0.4 is 5.73 Å². The van der Waals surface area contributed by atoms with E-state index in [0.717, 1.165) is 6.42 Å². The summed E-state index contributed by atoms with van der Waals surface area (Å²) in [5, 5.41) is 8.66. The number of hydrogen-bond acceptors (Lipinski definition) is 3. The van der Waals surface area contributed by atoms with Gasteiger partial charge in [0.1, 0.15) is 0 Å². The third-order valence-corrected chi connectivity index (χ3v) is 2.28. The van der Waals surface area contributed by atoms with E-state index >= 15 is 0 Å². The highest BCUT2D eigenvalue weighted by atomic mass is 16.3. The van der Waals surface area contributed by atoms with Crippen molar-refractivity contribution < 1.29 is 9.90 Å². The Kier molecular flexibility index (Phi) is 7.42. The van der Waals surface area contributed by atoms with E-state index in [1.807, 2.05) is 13.8 Å². The molecular weight excluding hydrogens is 180 g/mol. The first kappa shape index (κ1) is 13.4. The minimum Gasteiger partial charge on any atom is -0.396 e. The number of hydrogen-bond donors (Lipinski definition) is 2. The van der Waals surface area contributed by atoms with Crippen LogP contribution in [0.15, 0.2) is 0 Å². The van der Waals surface area contributed by atoms with Crippen molar-refractivity contribution in [1.29, 1.82) is 0 Å². The van der Waals surface area contributed by atoms with Gasteiger partial charge >= 0.3 is 0 Å². The lowest BCUT2D eigenvalue weighted by Crippen LogP contribution is -2.36. The first-order chi connectivity index (χ1) is 6.65. The molecule has 84 valence electrons. The standard InChI is InChI=1S/C10H22N2O2/c1-3-9(11)8-10(14)12(4-2)6-5-7-13/h9,13H,3-8,11H2,1-2H3. The minimum absolute atomic E-state index is 0.0364. The summed E-state index contributed by atoms with van der Waals surface area (Å²) in [6.07, 6.45) is 1.88. The van der Waals surface area contributed by atoms with Crippen molar-refractivity contribution >= 4 is 5.91 Å². The van der Waals surface area contributed by atoms with Gasteiger partial charge in [0.15, 0.2) is 0 Å². The summed E-state index contributed by atoms with van der Waals surface area (Å²) in [7, 11) is 0. The van der Waals surface area contributed by atoms with Gasteiger partial charge in [0.05, 0.1) is 0 Å². The quantitative estimate of drug-likeness (QED) is 0.626. The Bertz CT molecular complexity index is 162. The van der Waals surface area contributed by atoms with E-state index in [0.29, 0.717) is 25.9 Å². The van der Waals surface area contributed by atoms with E-state index in [1.54, 1.807) is 4.90 Å². The average molecular weight is 202 g/mol. The predicted octanol–water partition coefficient (Wildman–Crippen LogP) is 0.345. The van der Waals surface area contributed by atoms with Crippen LogP contribution in [0.25, 0.3) is 0 Å². The van der Waals surface area contributed by atoms with Crippen molar-refractivity contribution in [3.05, 3.63) is 0 Å². The van der Waals surface area contributed by atoms with Crippen LogP contribution in [0.5, 0.6) is 0 Å². The number of rotatable bonds is 7. The van der Waals surface area contributed by atoms with Crippen molar-refractivity contribution in [2.45, 2.75) is 39.2 Å². The van der Waals surface area contributed by atoms with E-state index in [2.05, 4.69) is 0 Å². The van der Waals surface area contributed by atoms with Gasteiger partial charge in [-0.15, -0.1) is 0 Å². The highest BCUT2D eigenvalue weighted by Crippen LogP contribution is 2.00. The van der Waals surface area contributed by atoms with Crippen LogP contribution >= 0.6 is 0 Å². The number of aliphatic hydroxyl groups is 1. The second kappa shape index (κ2) is 7.76. The molecule has 4 nitrogen and oxygen atoms in total. The molecule has 1 atom stereocenters. The molecule has 0 aromatic rings. The molecule has 4 heteroatoms. The number of carbonyl (C=O) groups is 1. The first-order valence-corrected chi connectivity index (χ1v) is 5.29. The van der Waals surface area contributed by atoms with Gasteiger partial charge in [-0.3, -0.25) is 4.79 Å². The van der Waals surface area contributed by atoms with Crippen molar-refractivity contribution in [2.75, 3.05) is 19.7 Å². The zero-order chi connectivity index (χ0) is 11.0. The molecule has 0 bridgehead atoms. The smallest absolute Gasteiger partial charge is 0.224 e. The molecule has 3 N–H and O–H groups in total. The van der Waals surface area contributed by atoms with Crippen molar-refractivity contribution in [3.63, 3.8) is 0 Å². The van der Waals surface area contributed by atoms with Crippen LogP contribution in [0.2, 0.25) is 0 Å². The van der Waals surface area contributed by atoms with Crippen LogP contribution in [-0.2, 0) is 4.79 Å². The molecule has 0 rings (SSSR count). The van der Waals surface area contributed by atoms with Crippen LogP contribution in [0.4, 0.5) is 0 Å². The largest absolute Gasteiger partial charge is 0.396 e. The predicted molar refractivity (Wildman–Crippen MR) is 56.8 cm³/mol.